The minimum atomic E-state index is -0.929. The van der Waals surface area contributed by atoms with E-state index >= 15 is 0 Å². The maximum Gasteiger partial charge on any atom is 0.341 e. The van der Waals surface area contributed by atoms with E-state index < -0.39 is 24.3 Å². The molecule has 0 aliphatic rings. The quantitative estimate of drug-likeness (QED) is 0.746. The Morgan fingerprint density at radius 1 is 1.20 bits per heavy atom. The number of halogens is 2. The third-order valence-corrected chi connectivity index (χ3v) is 3.83. The summed E-state index contributed by atoms with van der Waals surface area (Å²) in [6.45, 7) is 1.53. The summed E-state index contributed by atoms with van der Waals surface area (Å²) in [6, 6.07) is 12.9. The van der Waals surface area contributed by atoms with Crippen molar-refractivity contribution in [3.8, 4) is 0 Å². The summed E-state index contributed by atoms with van der Waals surface area (Å²) in [5, 5.41) is 3.04. The van der Waals surface area contributed by atoms with Crippen molar-refractivity contribution >= 4 is 23.5 Å². The number of amides is 1. The van der Waals surface area contributed by atoms with Gasteiger partial charge in [-0.1, -0.05) is 55.3 Å². The van der Waals surface area contributed by atoms with E-state index in [1.807, 2.05) is 37.3 Å². The fourth-order valence-electron chi connectivity index (χ4n) is 2.39. The van der Waals surface area contributed by atoms with Crippen LogP contribution >= 0.6 is 11.6 Å². The number of benzene rings is 2. The number of hydrogen-bond acceptors (Lipinski definition) is 3. The van der Waals surface area contributed by atoms with E-state index in [-0.39, 0.29) is 16.6 Å². The molecule has 0 fully saturated rings. The van der Waals surface area contributed by atoms with E-state index in [9.17, 15) is 14.0 Å². The molecular weight excluding hydrogens is 345 g/mol. The van der Waals surface area contributed by atoms with Crippen LogP contribution in [0.5, 0.6) is 0 Å². The van der Waals surface area contributed by atoms with Crippen LogP contribution in [0.1, 0.15) is 41.7 Å². The molecule has 0 aliphatic heterocycles. The lowest BCUT2D eigenvalue weighted by molar-refractivity contribution is -0.125. The molecule has 1 atom stereocenters. The molecule has 0 aliphatic carbocycles. The smallest absolute Gasteiger partial charge is 0.341 e. The number of rotatable bonds is 7. The zero-order valence-corrected chi connectivity index (χ0v) is 14.6. The largest absolute Gasteiger partial charge is 0.452 e. The van der Waals surface area contributed by atoms with Gasteiger partial charge in [-0.05, 0) is 30.2 Å². The number of hydrogen-bond donors (Lipinski definition) is 1. The van der Waals surface area contributed by atoms with Gasteiger partial charge in [-0.15, -0.1) is 0 Å². The first kappa shape index (κ1) is 18.9. The molecule has 0 aromatic heterocycles. The number of esters is 1. The first-order chi connectivity index (χ1) is 12.0. The standard InChI is InChI=1S/C19H19ClFNO3/c1-2-6-17(13-7-4-3-5-8-13)22-18(23)12-25-19(24)15-11-14(20)9-10-16(15)21/h3-5,7-11,17H,2,6,12H2,1H3,(H,22,23)/t17-/m0/s1. The van der Waals surface area contributed by atoms with Crippen molar-refractivity contribution in [3.63, 3.8) is 0 Å². The molecule has 132 valence electrons. The van der Waals surface area contributed by atoms with E-state index in [0.717, 1.165) is 24.5 Å². The van der Waals surface area contributed by atoms with Crippen molar-refractivity contribution in [2.45, 2.75) is 25.8 Å². The highest BCUT2D eigenvalue weighted by atomic mass is 35.5. The van der Waals surface area contributed by atoms with Crippen LogP contribution < -0.4 is 5.32 Å². The van der Waals surface area contributed by atoms with Crippen LogP contribution in [0.4, 0.5) is 4.39 Å². The van der Waals surface area contributed by atoms with Gasteiger partial charge in [0, 0.05) is 5.02 Å². The van der Waals surface area contributed by atoms with Crippen LogP contribution in [0.15, 0.2) is 48.5 Å². The molecule has 6 heteroatoms. The summed E-state index contributed by atoms with van der Waals surface area (Å²) in [7, 11) is 0. The SMILES string of the molecule is CCC[C@H](NC(=O)COC(=O)c1cc(Cl)ccc1F)c1ccccc1. The number of carbonyl (C=O) groups excluding carboxylic acids is 2. The molecule has 0 saturated carbocycles. The van der Waals surface area contributed by atoms with E-state index in [4.69, 9.17) is 16.3 Å². The number of carbonyl (C=O) groups is 2. The van der Waals surface area contributed by atoms with Gasteiger partial charge in [0.25, 0.3) is 5.91 Å². The Morgan fingerprint density at radius 2 is 1.92 bits per heavy atom. The van der Waals surface area contributed by atoms with Crippen molar-refractivity contribution < 1.29 is 18.7 Å². The first-order valence-corrected chi connectivity index (χ1v) is 8.35. The summed E-state index contributed by atoms with van der Waals surface area (Å²) in [5.41, 5.74) is 0.679. The summed E-state index contributed by atoms with van der Waals surface area (Å²) in [5.74, 6) is -2.12. The van der Waals surface area contributed by atoms with E-state index in [0.29, 0.717) is 0 Å². The summed E-state index contributed by atoms with van der Waals surface area (Å²) < 4.78 is 18.5. The Kier molecular flexibility index (Phi) is 6.95. The monoisotopic (exact) mass is 363 g/mol. The molecule has 0 bridgehead atoms. The summed E-state index contributed by atoms with van der Waals surface area (Å²) in [6.07, 6.45) is 1.64. The van der Waals surface area contributed by atoms with Crippen molar-refractivity contribution in [1.82, 2.24) is 5.32 Å². The normalized spacial score (nSPS) is 11.6. The summed E-state index contributed by atoms with van der Waals surface area (Å²) in [4.78, 5) is 24.0. The lowest BCUT2D eigenvalue weighted by Crippen LogP contribution is -2.32. The predicted octanol–water partition coefficient (Wildman–Crippen LogP) is 4.29. The fraction of sp³-hybridized carbons (Fsp3) is 0.263. The highest BCUT2D eigenvalue weighted by Crippen LogP contribution is 2.18. The van der Waals surface area contributed by atoms with Crippen LogP contribution in [0.25, 0.3) is 0 Å². The zero-order valence-electron chi connectivity index (χ0n) is 13.8. The van der Waals surface area contributed by atoms with Crippen LogP contribution in [-0.4, -0.2) is 18.5 Å². The second-order valence-electron chi connectivity index (χ2n) is 5.52. The maximum atomic E-state index is 13.6. The van der Waals surface area contributed by atoms with Crippen molar-refractivity contribution in [2.24, 2.45) is 0 Å². The van der Waals surface area contributed by atoms with Gasteiger partial charge in [-0.25, -0.2) is 9.18 Å². The molecule has 0 unspecified atom stereocenters. The Balaban J connectivity index is 1.94. The molecule has 2 aromatic rings. The fourth-order valence-corrected chi connectivity index (χ4v) is 2.57. The van der Waals surface area contributed by atoms with Crippen LogP contribution in [0, 0.1) is 5.82 Å². The topological polar surface area (TPSA) is 55.4 Å². The summed E-state index contributed by atoms with van der Waals surface area (Å²) >= 11 is 5.74. The predicted molar refractivity (Wildman–Crippen MR) is 93.9 cm³/mol. The van der Waals surface area contributed by atoms with Crippen LogP contribution in [0.3, 0.4) is 0 Å². The Labute approximate surface area is 150 Å². The maximum absolute atomic E-state index is 13.6. The van der Waals surface area contributed by atoms with Gasteiger partial charge in [-0.3, -0.25) is 4.79 Å². The minimum absolute atomic E-state index is 0.166. The lowest BCUT2D eigenvalue weighted by Gasteiger charge is -2.18. The Morgan fingerprint density at radius 3 is 2.60 bits per heavy atom. The highest BCUT2D eigenvalue weighted by molar-refractivity contribution is 6.30. The van der Waals surface area contributed by atoms with E-state index in [1.54, 1.807) is 0 Å². The molecule has 4 nitrogen and oxygen atoms in total. The Hall–Kier alpha value is -2.40. The van der Waals surface area contributed by atoms with Crippen molar-refractivity contribution in [3.05, 3.63) is 70.5 Å². The zero-order chi connectivity index (χ0) is 18.2. The van der Waals surface area contributed by atoms with Gasteiger partial charge in [0.1, 0.15) is 5.82 Å². The minimum Gasteiger partial charge on any atom is -0.452 e. The van der Waals surface area contributed by atoms with Crippen molar-refractivity contribution in [2.75, 3.05) is 6.61 Å². The third-order valence-electron chi connectivity index (χ3n) is 3.60. The highest BCUT2D eigenvalue weighted by Gasteiger charge is 2.18. The molecule has 2 aromatic carbocycles. The molecule has 0 spiro atoms. The molecule has 25 heavy (non-hydrogen) atoms. The van der Waals surface area contributed by atoms with Gasteiger partial charge in [0.05, 0.1) is 11.6 Å². The van der Waals surface area contributed by atoms with Crippen LogP contribution in [0.2, 0.25) is 5.02 Å². The molecule has 0 radical (unpaired) electrons. The van der Waals surface area contributed by atoms with Gasteiger partial charge in [-0.2, -0.15) is 0 Å². The first-order valence-electron chi connectivity index (χ1n) is 7.97. The number of ether oxygens (including phenoxy) is 1. The molecule has 0 heterocycles. The Bertz CT molecular complexity index is 737. The van der Waals surface area contributed by atoms with Gasteiger partial charge < -0.3 is 10.1 Å². The van der Waals surface area contributed by atoms with E-state index in [1.165, 1.54) is 12.1 Å². The van der Waals surface area contributed by atoms with E-state index in [2.05, 4.69) is 5.32 Å². The van der Waals surface area contributed by atoms with Gasteiger partial charge >= 0.3 is 5.97 Å². The molecule has 2 rings (SSSR count). The molecule has 1 N–H and O–H groups in total. The lowest BCUT2D eigenvalue weighted by atomic mass is 10.0. The molecule has 0 saturated heterocycles. The van der Waals surface area contributed by atoms with Gasteiger partial charge in [0.2, 0.25) is 0 Å². The van der Waals surface area contributed by atoms with Gasteiger partial charge in [0.15, 0.2) is 6.61 Å². The van der Waals surface area contributed by atoms with Crippen molar-refractivity contribution in [1.29, 1.82) is 0 Å². The molecular formula is C19H19ClFNO3. The second kappa shape index (κ2) is 9.18. The third kappa shape index (κ3) is 5.57. The molecule has 1 amide bonds. The van der Waals surface area contributed by atoms with Crippen LogP contribution in [-0.2, 0) is 9.53 Å². The average Bonchev–Trinajstić information content (AvgIpc) is 2.62. The second-order valence-corrected chi connectivity index (χ2v) is 5.96. The average molecular weight is 364 g/mol. The number of nitrogens with one attached hydrogen (secondary N) is 1.